The van der Waals surface area contributed by atoms with Crippen LogP contribution in [-0.2, 0) is 41.4 Å². The normalized spacial score (nSPS) is 18.8. The van der Waals surface area contributed by atoms with Crippen molar-refractivity contribution in [2.45, 2.75) is 102 Å². The molecular formula is C68H72O10P2. The van der Waals surface area contributed by atoms with Gasteiger partial charge in [-0.3, -0.25) is 0 Å². The molecule has 0 atom stereocenters. The number of benzene rings is 8. The molecule has 8 aromatic carbocycles. The first-order valence-electron chi connectivity index (χ1n) is 27.4. The maximum atomic E-state index is 8.25. The van der Waals surface area contributed by atoms with Gasteiger partial charge in [-0.1, -0.05) is 0 Å². The van der Waals surface area contributed by atoms with Crippen molar-refractivity contribution in [3.8, 4) is 68.2 Å². The van der Waals surface area contributed by atoms with E-state index in [-0.39, 0.29) is 0 Å². The van der Waals surface area contributed by atoms with Crippen molar-refractivity contribution in [3.63, 3.8) is 0 Å². The fraction of sp³-hybridized carbons (Fsp3) is 0.294. The van der Waals surface area contributed by atoms with E-state index in [1.807, 2.05) is 48.5 Å². The topological polar surface area (TPSA) is 92.3 Å². The van der Waals surface area contributed by atoms with E-state index in [1.165, 1.54) is 0 Å². The van der Waals surface area contributed by atoms with E-state index in [0.717, 1.165) is 55.6 Å². The SMILES string of the molecule is COc1cc2c(c(C(C)(C)C)c1)O[PH]1(Oc3c-2cc(OC)cc3C(C)(C)C)Oc2c(-c3cc(OC)cc4c3O[PH]3(OC(c5ccccc5)(c5ccccc5)C(c5ccccc5)(c5ccccc5)O3)C4(C)C)cc(OC)cc2C1(C)C. The zero-order chi connectivity index (χ0) is 56.4. The van der Waals surface area contributed by atoms with Gasteiger partial charge in [-0.05, 0) is 0 Å². The molecule has 4 aliphatic heterocycles. The molecule has 0 unspecified atom stereocenters. The molecule has 0 N–H and O–H groups in total. The second-order valence-corrected chi connectivity index (χ2v) is 30.5. The summed E-state index contributed by atoms with van der Waals surface area (Å²) in [5, 5.41) is -1.81. The molecule has 0 amide bonds. The summed E-state index contributed by atoms with van der Waals surface area (Å²) in [6, 6.07) is 58.2. The molecule has 80 heavy (non-hydrogen) atoms. The van der Waals surface area contributed by atoms with Crippen LogP contribution in [0.5, 0.6) is 46.0 Å². The van der Waals surface area contributed by atoms with Gasteiger partial charge in [0.25, 0.3) is 0 Å². The van der Waals surface area contributed by atoms with E-state index in [4.69, 9.17) is 46.1 Å². The Morgan fingerprint density at radius 1 is 0.338 bits per heavy atom. The summed E-state index contributed by atoms with van der Waals surface area (Å²) in [5.41, 5.74) is 6.95. The summed E-state index contributed by atoms with van der Waals surface area (Å²) in [6.45, 7) is 21.8. The summed E-state index contributed by atoms with van der Waals surface area (Å²) < 4.78 is 72.4. The van der Waals surface area contributed by atoms with Crippen LogP contribution in [0, 0.1) is 0 Å². The number of methoxy groups -OCH3 is 4. The van der Waals surface area contributed by atoms with E-state index in [1.54, 1.807) is 28.4 Å². The molecule has 8 aromatic rings. The first-order chi connectivity index (χ1) is 38.1. The number of hydrogen-bond donors (Lipinski definition) is 0. The van der Waals surface area contributed by atoms with Gasteiger partial charge in [-0.15, -0.1) is 0 Å². The molecule has 414 valence electrons. The zero-order valence-electron chi connectivity index (χ0n) is 48.2. The van der Waals surface area contributed by atoms with Crippen LogP contribution in [0.4, 0.5) is 0 Å². The number of fused-ring (bicyclic) bond motifs is 5. The standard InChI is InChI=1S/C68H72O10P2/c1-63(2,3)55-39-47(69-11)35-51-52-36-48(70-12)40-56(64(4,5)6)60(52)74-79(73-59(51)55)65(7,8)57-41-49(71-13)37-53(61(57)75-79)54-38-50(72-14)42-58-62(54)76-80(66(58,9)10)77-67(43-27-19-15-20-28-43,44-29-21-16-22-30-44)68(78-80,45-31-23-17-24-32-45)46-33-25-18-26-34-46/h15-42,79-80H,1-14H3. The summed E-state index contributed by atoms with van der Waals surface area (Å²) in [6.07, 6.45) is 0. The summed E-state index contributed by atoms with van der Waals surface area (Å²) in [7, 11) is -1.51. The van der Waals surface area contributed by atoms with Gasteiger partial charge in [0.1, 0.15) is 0 Å². The van der Waals surface area contributed by atoms with Crippen molar-refractivity contribution in [1.82, 2.24) is 0 Å². The van der Waals surface area contributed by atoms with Crippen LogP contribution in [0.3, 0.4) is 0 Å². The number of hydrogen-bond acceptors (Lipinski definition) is 10. The minimum atomic E-state index is -4.16. The first kappa shape index (κ1) is 53.6. The van der Waals surface area contributed by atoms with Crippen LogP contribution < -0.4 is 37.0 Å². The summed E-state index contributed by atoms with van der Waals surface area (Å²) in [5.74, 6) is 5.15. The quantitative estimate of drug-likeness (QED) is 0.130. The van der Waals surface area contributed by atoms with Gasteiger partial charge in [-0.25, -0.2) is 0 Å². The van der Waals surface area contributed by atoms with Gasteiger partial charge in [0.2, 0.25) is 0 Å². The van der Waals surface area contributed by atoms with E-state index < -0.39 is 48.2 Å². The van der Waals surface area contributed by atoms with Crippen molar-refractivity contribution < 1.29 is 46.1 Å². The molecule has 0 bridgehead atoms. The molecule has 4 aliphatic rings. The van der Waals surface area contributed by atoms with Crippen LogP contribution in [0.25, 0.3) is 22.3 Å². The van der Waals surface area contributed by atoms with Crippen LogP contribution in [0.2, 0.25) is 0 Å². The molecule has 4 heterocycles. The monoisotopic (exact) mass is 1110 g/mol. The van der Waals surface area contributed by atoms with Crippen LogP contribution in [0.1, 0.15) is 114 Å². The third kappa shape index (κ3) is 7.73. The summed E-state index contributed by atoms with van der Waals surface area (Å²) in [4.78, 5) is 0. The molecule has 2 spiro atoms. The van der Waals surface area contributed by atoms with Gasteiger partial charge >= 0.3 is 475 Å². The van der Waals surface area contributed by atoms with Gasteiger partial charge in [0, 0.05) is 0 Å². The van der Waals surface area contributed by atoms with Crippen LogP contribution >= 0.6 is 15.9 Å². The molecule has 0 saturated carbocycles. The van der Waals surface area contributed by atoms with Gasteiger partial charge in [-0.2, -0.15) is 0 Å². The molecule has 1 fully saturated rings. The van der Waals surface area contributed by atoms with Gasteiger partial charge in [0.15, 0.2) is 0 Å². The van der Waals surface area contributed by atoms with Gasteiger partial charge < -0.3 is 0 Å². The molecule has 1 saturated heterocycles. The molecule has 0 radical (unpaired) electrons. The van der Waals surface area contributed by atoms with E-state index in [0.29, 0.717) is 57.1 Å². The molecule has 12 heteroatoms. The van der Waals surface area contributed by atoms with Crippen LogP contribution in [-0.4, -0.2) is 28.4 Å². The molecule has 0 aromatic heterocycles. The molecule has 12 rings (SSSR count). The maximum absolute atomic E-state index is 8.25. The second kappa shape index (κ2) is 18.8. The third-order valence-electron chi connectivity index (χ3n) is 17.0. The predicted octanol–water partition coefficient (Wildman–Crippen LogP) is 17.3. The van der Waals surface area contributed by atoms with Crippen molar-refractivity contribution in [2.24, 2.45) is 0 Å². The van der Waals surface area contributed by atoms with Crippen LogP contribution in [0.15, 0.2) is 170 Å². The molecule has 0 aliphatic carbocycles. The third-order valence-corrected chi connectivity index (χ3v) is 23.6. The Morgan fingerprint density at radius 2 is 0.600 bits per heavy atom. The van der Waals surface area contributed by atoms with E-state index in [9.17, 15) is 0 Å². The average Bonchev–Trinajstić information content (AvgIpc) is 2.97. The average molecular weight is 1110 g/mol. The Morgan fingerprint density at radius 3 is 0.900 bits per heavy atom. The second-order valence-electron chi connectivity index (χ2n) is 24.5. The Labute approximate surface area is 472 Å². The predicted molar refractivity (Wildman–Crippen MR) is 322 cm³/mol. The summed E-state index contributed by atoms with van der Waals surface area (Å²) >= 11 is 0. The molecular weight excluding hydrogens is 1040 g/mol. The van der Waals surface area contributed by atoms with Crippen molar-refractivity contribution in [3.05, 3.63) is 214 Å². The van der Waals surface area contributed by atoms with Crippen molar-refractivity contribution in [2.75, 3.05) is 28.4 Å². The Balaban J connectivity index is 1.11. The van der Waals surface area contributed by atoms with Crippen molar-refractivity contribution in [1.29, 1.82) is 0 Å². The zero-order valence-corrected chi connectivity index (χ0v) is 50.2. The fourth-order valence-corrected chi connectivity index (χ4v) is 18.9. The van der Waals surface area contributed by atoms with E-state index >= 15 is 0 Å². The fourth-order valence-electron chi connectivity index (χ4n) is 12.5. The Hall–Kier alpha value is -7.06. The minimum absolute atomic E-state index is 0.402. The number of rotatable bonds is 9. The number of ether oxygens (including phenoxy) is 4. The van der Waals surface area contributed by atoms with Crippen molar-refractivity contribution >= 4 is 15.9 Å². The Bertz CT molecular complexity index is 3460. The van der Waals surface area contributed by atoms with Gasteiger partial charge in [0.05, 0.1) is 0 Å². The Kier molecular flexibility index (Phi) is 12.6. The van der Waals surface area contributed by atoms with E-state index in [2.05, 4.69) is 191 Å². The molecule has 10 nitrogen and oxygen atoms in total. The first-order valence-corrected chi connectivity index (χ1v) is 30.9.